The molecule has 170 valence electrons. The molecule has 3 aromatic rings. The van der Waals surface area contributed by atoms with Crippen LogP contribution in [0, 0.1) is 5.92 Å². The number of ether oxygens (including phenoxy) is 3. The van der Waals surface area contributed by atoms with Gasteiger partial charge in [-0.25, -0.2) is 9.97 Å². The maximum Gasteiger partial charge on any atom is 0.210 e. The molecule has 0 bridgehead atoms. The van der Waals surface area contributed by atoms with Crippen molar-refractivity contribution >= 4 is 22.4 Å². The molecule has 0 spiro atoms. The SMILES string of the molecule is CCOC(OCC)c1ncc(C(O)Cc2nc3ccc(OCC(CO)CF)cc3o2)s1. The van der Waals surface area contributed by atoms with Crippen molar-refractivity contribution in [3.05, 3.63) is 40.2 Å². The molecule has 0 radical (unpaired) electrons. The van der Waals surface area contributed by atoms with Gasteiger partial charge in [-0.1, -0.05) is 0 Å². The van der Waals surface area contributed by atoms with Crippen molar-refractivity contribution in [2.75, 3.05) is 33.1 Å². The van der Waals surface area contributed by atoms with E-state index in [1.165, 1.54) is 11.3 Å². The van der Waals surface area contributed by atoms with E-state index in [1.807, 2.05) is 13.8 Å². The highest BCUT2D eigenvalue weighted by Gasteiger charge is 2.21. The van der Waals surface area contributed by atoms with E-state index in [-0.39, 0.29) is 19.6 Å². The van der Waals surface area contributed by atoms with Crippen LogP contribution in [0.2, 0.25) is 0 Å². The van der Waals surface area contributed by atoms with Gasteiger partial charge in [-0.2, -0.15) is 0 Å². The third-order valence-electron chi connectivity index (χ3n) is 4.44. The zero-order valence-corrected chi connectivity index (χ0v) is 18.3. The van der Waals surface area contributed by atoms with Crippen LogP contribution in [0.3, 0.4) is 0 Å². The van der Waals surface area contributed by atoms with Crippen LogP contribution < -0.4 is 4.74 Å². The molecule has 2 unspecified atom stereocenters. The van der Waals surface area contributed by atoms with Crippen LogP contribution in [0.4, 0.5) is 4.39 Å². The van der Waals surface area contributed by atoms with Crippen molar-refractivity contribution in [1.82, 2.24) is 9.97 Å². The van der Waals surface area contributed by atoms with Gasteiger partial charge in [0.05, 0.1) is 37.3 Å². The van der Waals surface area contributed by atoms with Crippen LogP contribution in [-0.4, -0.2) is 53.3 Å². The van der Waals surface area contributed by atoms with Gasteiger partial charge in [0.2, 0.25) is 6.29 Å². The molecule has 8 nitrogen and oxygen atoms in total. The predicted octanol–water partition coefficient (Wildman–Crippen LogP) is 3.59. The molecule has 0 fully saturated rings. The molecule has 0 aliphatic heterocycles. The van der Waals surface area contributed by atoms with Crippen LogP contribution in [0.5, 0.6) is 5.75 Å². The number of rotatable bonds is 13. The third-order valence-corrected chi connectivity index (χ3v) is 5.56. The van der Waals surface area contributed by atoms with Crippen molar-refractivity contribution in [3.8, 4) is 5.75 Å². The van der Waals surface area contributed by atoms with Crippen LogP contribution in [-0.2, 0) is 15.9 Å². The molecular weight excluding hydrogens is 427 g/mol. The lowest BCUT2D eigenvalue weighted by Crippen LogP contribution is -2.17. The highest BCUT2D eigenvalue weighted by molar-refractivity contribution is 7.11. The van der Waals surface area contributed by atoms with Crippen molar-refractivity contribution in [1.29, 1.82) is 0 Å². The minimum atomic E-state index is -0.839. The quantitative estimate of drug-likeness (QED) is 0.377. The number of fused-ring (bicyclic) bond motifs is 1. The maximum absolute atomic E-state index is 12.7. The number of oxazole rings is 1. The number of alkyl halides is 1. The fraction of sp³-hybridized carbons (Fsp3) is 0.524. The van der Waals surface area contributed by atoms with E-state index in [1.54, 1.807) is 24.4 Å². The van der Waals surface area contributed by atoms with Crippen LogP contribution in [0.15, 0.2) is 28.8 Å². The van der Waals surface area contributed by atoms with Gasteiger partial charge >= 0.3 is 0 Å². The van der Waals surface area contributed by atoms with Crippen molar-refractivity contribution < 1.29 is 33.2 Å². The molecule has 10 heteroatoms. The normalized spacial score (nSPS) is 13.7. The topological polar surface area (TPSA) is 107 Å². The van der Waals surface area contributed by atoms with Gasteiger partial charge in [-0.15, -0.1) is 11.3 Å². The molecule has 3 rings (SSSR count). The van der Waals surface area contributed by atoms with E-state index in [4.69, 9.17) is 23.7 Å². The van der Waals surface area contributed by atoms with Crippen LogP contribution in [0.1, 0.15) is 42.0 Å². The molecule has 0 saturated carbocycles. The first kappa shape index (κ1) is 23.6. The van der Waals surface area contributed by atoms with Gasteiger partial charge in [0.15, 0.2) is 11.5 Å². The number of halogens is 1. The molecule has 2 N–H and O–H groups in total. The maximum atomic E-state index is 12.7. The van der Waals surface area contributed by atoms with Gasteiger partial charge in [0.1, 0.15) is 16.3 Å². The fourth-order valence-electron chi connectivity index (χ4n) is 2.81. The number of aliphatic hydroxyl groups excluding tert-OH is 2. The number of thiazole rings is 1. The Morgan fingerprint density at radius 1 is 1.23 bits per heavy atom. The Kier molecular flexibility index (Phi) is 8.73. The molecule has 2 aromatic heterocycles. The zero-order valence-electron chi connectivity index (χ0n) is 17.5. The Morgan fingerprint density at radius 2 is 2.00 bits per heavy atom. The number of benzene rings is 1. The first-order valence-corrected chi connectivity index (χ1v) is 11.0. The summed E-state index contributed by atoms with van der Waals surface area (Å²) in [6.07, 6.45) is 0.391. The lowest BCUT2D eigenvalue weighted by atomic mass is 10.2. The average molecular weight is 455 g/mol. The summed E-state index contributed by atoms with van der Waals surface area (Å²) in [6, 6.07) is 5.09. The number of hydrogen-bond donors (Lipinski definition) is 2. The summed E-state index contributed by atoms with van der Waals surface area (Å²) in [7, 11) is 0. The Balaban J connectivity index is 1.66. The Morgan fingerprint density at radius 3 is 2.68 bits per heavy atom. The summed E-state index contributed by atoms with van der Waals surface area (Å²) < 4.78 is 35.1. The number of nitrogens with zero attached hydrogens (tertiary/aromatic N) is 2. The largest absolute Gasteiger partial charge is 0.493 e. The lowest BCUT2D eigenvalue weighted by molar-refractivity contribution is -0.140. The fourth-order valence-corrected chi connectivity index (χ4v) is 3.72. The first-order chi connectivity index (χ1) is 15.1. The summed E-state index contributed by atoms with van der Waals surface area (Å²) in [5, 5.41) is 20.3. The van der Waals surface area contributed by atoms with Gasteiger partial charge in [-0.3, -0.25) is 4.39 Å². The summed E-state index contributed by atoms with van der Waals surface area (Å²) in [5.41, 5.74) is 1.12. The van der Waals surface area contributed by atoms with E-state index in [2.05, 4.69) is 9.97 Å². The van der Waals surface area contributed by atoms with E-state index in [0.717, 1.165) is 0 Å². The summed E-state index contributed by atoms with van der Waals surface area (Å²) in [5.74, 6) is 0.302. The second-order valence-electron chi connectivity index (χ2n) is 6.81. The predicted molar refractivity (Wildman–Crippen MR) is 113 cm³/mol. The van der Waals surface area contributed by atoms with Crippen molar-refractivity contribution in [3.63, 3.8) is 0 Å². The molecule has 0 aliphatic rings. The second kappa shape index (κ2) is 11.5. The Hall–Kier alpha value is -2.11. The van der Waals surface area contributed by atoms with Gasteiger partial charge < -0.3 is 28.8 Å². The van der Waals surface area contributed by atoms with E-state index in [0.29, 0.717) is 45.8 Å². The van der Waals surface area contributed by atoms with Gasteiger partial charge in [0, 0.05) is 31.4 Å². The van der Waals surface area contributed by atoms with Crippen molar-refractivity contribution in [2.45, 2.75) is 32.7 Å². The molecular formula is C21H27FN2O6S. The van der Waals surface area contributed by atoms with Crippen LogP contribution >= 0.6 is 11.3 Å². The standard InChI is InChI=1S/C21H27FN2O6S/c1-3-27-21(28-4-2)20-23-10-18(31-20)16(26)8-19-24-15-6-5-14(7-17(15)30-19)29-12-13(9-22)11-25/h5-7,10,13,16,21,25-26H,3-4,8-9,11-12H2,1-2H3. The summed E-state index contributed by atoms with van der Waals surface area (Å²) in [6.45, 7) is 3.87. The van der Waals surface area contributed by atoms with Crippen LogP contribution in [0.25, 0.3) is 11.1 Å². The smallest absolute Gasteiger partial charge is 0.210 e. The molecule has 2 atom stereocenters. The van der Waals surface area contributed by atoms with Gasteiger partial charge in [-0.05, 0) is 26.0 Å². The number of aliphatic hydroxyl groups is 2. The Bertz CT molecular complexity index is 939. The van der Waals surface area contributed by atoms with E-state index in [9.17, 15) is 9.50 Å². The highest BCUT2D eigenvalue weighted by Crippen LogP contribution is 2.30. The lowest BCUT2D eigenvalue weighted by Gasteiger charge is -2.13. The third kappa shape index (κ3) is 6.20. The Labute approximate surface area is 183 Å². The second-order valence-corrected chi connectivity index (χ2v) is 7.91. The minimum Gasteiger partial charge on any atom is -0.493 e. The average Bonchev–Trinajstić information content (AvgIpc) is 3.41. The summed E-state index contributed by atoms with van der Waals surface area (Å²) in [4.78, 5) is 9.38. The number of aromatic nitrogens is 2. The van der Waals surface area contributed by atoms with Crippen molar-refractivity contribution in [2.24, 2.45) is 5.92 Å². The molecule has 31 heavy (non-hydrogen) atoms. The highest BCUT2D eigenvalue weighted by atomic mass is 32.1. The van der Waals surface area contributed by atoms with E-state index >= 15 is 0 Å². The molecule has 2 heterocycles. The molecule has 1 aromatic carbocycles. The zero-order chi connectivity index (χ0) is 22.2. The number of hydrogen-bond acceptors (Lipinski definition) is 9. The molecule has 0 amide bonds. The molecule has 0 saturated heterocycles. The van der Waals surface area contributed by atoms with Gasteiger partial charge in [0.25, 0.3) is 0 Å². The monoisotopic (exact) mass is 454 g/mol. The minimum absolute atomic E-state index is 0.0659. The molecule has 0 aliphatic carbocycles. The first-order valence-electron chi connectivity index (χ1n) is 10.1. The van der Waals surface area contributed by atoms with E-state index < -0.39 is 25.0 Å². The summed E-state index contributed by atoms with van der Waals surface area (Å²) >= 11 is 1.32.